The van der Waals surface area contributed by atoms with Gasteiger partial charge in [-0.2, -0.15) is 5.10 Å². The number of pyridine rings is 1. The summed E-state index contributed by atoms with van der Waals surface area (Å²) in [4.78, 5) is 18.7. The van der Waals surface area contributed by atoms with Crippen LogP contribution in [0.15, 0.2) is 55.1 Å². The molecule has 0 saturated heterocycles. The van der Waals surface area contributed by atoms with Gasteiger partial charge in [0.2, 0.25) is 0 Å². The maximum absolute atomic E-state index is 11.3. The molecule has 3 heterocycles. The first-order valence-corrected chi connectivity index (χ1v) is 7.45. The van der Waals surface area contributed by atoms with Crippen LogP contribution in [0.25, 0.3) is 27.8 Å². The van der Waals surface area contributed by atoms with Crippen LogP contribution in [0, 0.1) is 6.92 Å². The second-order valence-corrected chi connectivity index (χ2v) is 5.53. The second kappa shape index (κ2) is 5.34. The fourth-order valence-corrected chi connectivity index (χ4v) is 2.92. The lowest BCUT2D eigenvalue weighted by molar-refractivity contribution is 0.0696. The molecule has 1 aromatic carbocycles. The summed E-state index contributed by atoms with van der Waals surface area (Å²) < 4.78 is 1.78. The number of hydrogen-bond acceptors (Lipinski definition) is 3. The van der Waals surface area contributed by atoms with Crippen LogP contribution < -0.4 is 0 Å². The number of aromatic amines is 1. The van der Waals surface area contributed by atoms with Gasteiger partial charge < -0.3 is 10.1 Å². The molecule has 6 heteroatoms. The summed E-state index contributed by atoms with van der Waals surface area (Å²) in [6, 6.07) is 9.11. The highest BCUT2D eigenvalue weighted by Crippen LogP contribution is 2.27. The molecule has 0 spiro atoms. The lowest BCUT2D eigenvalue weighted by Crippen LogP contribution is -2.00. The molecule has 0 radical (unpaired) electrons. The first kappa shape index (κ1) is 14.2. The van der Waals surface area contributed by atoms with Crippen molar-refractivity contribution in [3.63, 3.8) is 0 Å². The molecule has 2 N–H and O–H groups in total. The van der Waals surface area contributed by atoms with Crippen LogP contribution in [0.2, 0.25) is 0 Å². The summed E-state index contributed by atoms with van der Waals surface area (Å²) in [7, 11) is 0. The summed E-state index contributed by atoms with van der Waals surface area (Å²) in [6.07, 6.45) is 7.21. The highest BCUT2D eigenvalue weighted by molar-refractivity contribution is 5.92. The molecule has 6 nitrogen and oxygen atoms in total. The lowest BCUT2D eigenvalue weighted by Gasteiger charge is -2.06. The third-order valence-electron chi connectivity index (χ3n) is 4.14. The van der Waals surface area contributed by atoms with E-state index in [1.165, 1.54) is 0 Å². The van der Waals surface area contributed by atoms with E-state index in [4.69, 9.17) is 0 Å². The Balaban J connectivity index is 1.83. The van der Waals surface area contributed by atoms with Crippen molar-refractivity contribution in [2.75, 3.05) is 0 Å². The van der Waals surface area contributed by atoms with Gasteiger partial charge in [-0.1, -0.05) is 12.1 Å². The Labute approximate surface area is 137 Å². The van der Waals surface area contributed by atoms with Crippen LogP contribution >= 0.6 is 0 Å². The minimum Gasteiger partial charge on any atom is -0.478 e. The number of benzene rings is 1. The van der Waals surface area contributed by atoms with Crippen molar-refractivity contribution in [3.05, 3.63) is 66.2 Å². The molecule has 4 rings (SSSR count). The van der Waals surface area contributed by atoms with Gasteiger partial charge in [-0.15, -0.1) is 0 Å². The van der Waals surface area contributed by atoms with Crippen LogP contribution in [0.1, 0.15) is 15.9 Å². The minimum atomic E-state index is -0.926. The van der Waals surface area contributed by atoms with E-state index in [1.54, 1.807) is 29.2 Å². The van der Waals surface area contributed by atoms with Gasteiger partial charge in [0.25, 0.3) is 0 Å². The number of rotatable bonds is 3. The van der Waals surface area contributed by atoms with Crippen LogP contribution in [0.5, 0.6) is 0 Å². The zero-order chi connectivity index (χ0) is 16.7. The van der Waals surface area contributed by atoms with Crippen molar-refractivity contribution in [1.29, 1.82) is 0 Å². The van der Waals surface area contributed by atoms with Crippen LogP contribution in [0.3, 0.4) is 0 Å². The maximum atomic E-state index is 11.3. The Kier molecular flexibility index (Phi) is 3.16. The Morgan fingerprint density at radius 3 is 2.96 bits per heavy atom. The molecule has 24 heavy (non-hydrogen) atoms. The maximum Gasteiger partial charge on any atom is 0.335 e. The highest BCUT2D eigenvalue weighted by atomic mass is 16.4. The Morgan fingerprint density at radius 1 is 1.25 bits per heavy atom. The minimum absolute atomic E-state index is 0.303. The second-order valence-electron chi connectivity index (χ2n) is 5.53. The first-order chi connectivity index (χ1) is 11.6. The van der Waals surface area contributed by atoms with Crippen LogP contribution in [0.4, 0.5) is 0 Å². The molecule has 4 aromatic rings. The molecule has 0 aliphatic rings. The average molecular weight is 318 g/mol. The summed E-state index contributed by atoms with van der Waals surface area (Å²) in [5.41, 5.74) is 4.48. The van der Waals surface area contributed by atoms with Gasteiger partial charge in [0.1, 0.15) is 5.65 Å². The Bertz CT molecular complexity index is 1060. The number of carbonyl (C=O) groups is 1. The van der Waals surface area contributed by atoms with Gasteiger partial charge in [0.05, 0.1) is 17.4 Å². The molecule has 0 aliphatic heterocycles. The van der Waals surface area contributed by atoms with Crippen molar-refractivity contribution >= 4 is 17.0 Å². The zero-order valence-corrected chi connectivity index (χ0v) is 12.9. The molecule has 118 valence electrons. The lowest BCUT2D eigenvalue weighted by atomic mass is 9.99. The highest BCUT2D eigenvalue weighted by Gasteiger charge is 2.13. The summed E-state index contributed by atoms with van der Waals surface area (Å²) >= 11 is 0. The first-order valence-electron chi connectivity index (χ1n) is 7.45. The normalized spacial score (nSPS) is 11.0. The SMILES string of the molecule is Cc1c(C(=O)O)cccc1-c1cnn(-c2ccnc3[nH]ccc23)c1. The van der Waals surface area contributed by atoms with E-state index in [0.717, 1.165) is 33.4 Å². The monoisotopic (exact) mass is 318 g/mol. The Morgan fingerprint density at radius 2 is 2.12 bits per heavy atom. The largest absolute Gasteiger partial charge is 0.478 e. The number of carboxylic acid groups (broad SMARTS) is 1. The standard InChI is InChI=1S/C18H14N4O2/c1-11-13(3-2-4-14(11)18(23)24)12-9-21-22(10-12)16-6-8-20-17-15(16)5-7-19-17/h2-10H,1H3,(H,19,20)(H,23,24). The third kappa shape index (κ3) is 2.16. The molecule has 0 amide bonds. The topological polar surface area (TPSA) is 83.8 Å². The number of nitrogens with one attached hydrogen (secondary N) is 1. The smallest absolute Gasteiger partial charge is 0.335 e. The van der Waals surface area contributed by atoms with Gasteiger partial charge in [0.15, 0.2) is 0 Å². The predicted molar refractivity (Wildman–Crippen MR) is 90.3 cm³/mol. The van der Waals surface area contributed by atoms with E-state index in [9.17, 15) is 9.90 Å². The Hall–Kier alpha value is -3.41. The molecule has 0 atom stereocenters. The van der Waals surface area contributed by atoms with Crippen molar-refractivity contribution in [2.24, 2.45) is 0 Å². The van der Waals surface area contributed by atoms with Gasteiger partial charge in [0, 0.05) is 29.5 Å². The number of carboxylic acids is 1. The van der Waals surface area contributed by atoms with Crippen LogP contribution in [-0.4, -0.2) is 30.8 Å². The summed E-state index contributed by atoms with van der Waals surface area (Å²) in [5.74, 6) is -0.926. The molecular weight excluding hydrogens is 304 g/mol. The van der Waals surface area contributed by atoms with Crippen molar-refractivity contribution < 1.29 is 9.90 Å². The number of H-pyrrole nitrogens is 1. The van der Waals surface area contributed by atoms with E-state index >= 15 is 0 Å². The van der Waals surface area contributed by atoms with Crippen LogP contribution in [-0.2, 0) is 0 Å². The van der Waals surface area contributed by atoms with Crippen molar-refractivity contribution in [1.82, 2.24) is 19.7 Å². The third-order valence-corrected chi connectivity index (χ3v) is 4.14. The quantitative estimate of drug-likeness (QED) is 0.606. The number of aromatic carboxylic acids is 1. The molecule has 0 saturated carbocycles. The van der Waals surface area contributed by atoms with Gasteiger partial charge in [-0.25, -0.2) is 14.5 Å². The predicted octanol–water partition coefficient (Wildman–Crippen LogP) is 3.42. The fraction of sp³-hybridized carbons (Fsp3) is 0.0556. The number of nitrogens with zero attached hydrogens (tertiary/aromatic N) is 3. The fourth-order valence-electron chi connectivity index (χ4n) is 2.92. The summed E-state index contributed by atoms with van der Waals surface area (Å²) in [5, 5.41) is 14.7. The van der Waals surface area contributed by atoms with E-state index in [2.05, 4.69) is 15.1 Å². The van der Waals surface area contributed by atoms with Gasteiger partial charge in [-0.05, 0) is 36.2 Å². The van der Waals surface area contributed by atoms with Crippen molar-refractivity contribution in [3.8, 4) is 16.8 Å². The number of aromatic nitrogens is 4. The molecule has 0 aliphatic carbocycles. The molecule has 0 fully saturated rings. The van der Waals surface area contributed by atoms with E-state index < -0.39 is 5.97 Å². The van der Waals surface area contributed by atoms with E-state index in [0.29, 0.717) is 5.56 Å². The summed E-state index contributed by atoms with van der Waals surface area (Å²) in [6.45, 7) is 1.81. The number of hydrogen-bond donors (Lipinski definition) is 2. The van der Waals surface area contributed by atoms with Gasteiger partial charge in [-0.3, -0.25) is 0 Å². The molecule has 3 aromatic heterocycles. The zero-order valence-electron chi connectivity index (χ0n) is 12.9. The van der Waals surface area contributed by atoms with E-state index in [-0.39, 0.29) is 0 Å². The molecule has 0 unspecified atom stereocenters. The van der Waals surface area contributed by atoms with E-state index in [1.807, 2.05) is 37.5 Å². The van der Waals surface area contributed by atoms with Gasteiger partial charge >= 0.3 is 5.97 Å². The molecular formula is C18H14N4O2. The number of fused-ring (bicyclic) bond motifs is 1. The average Bonchev–Trinajstić information content (AvgIpc) is 3.23. The van der Waals surface area contributed by atoms with Crippen molar-refractivity contribution in [2.45, 2.75) is 6.92 Å². The molecule has 0 bridgehead atoms.